The van der Waals surface area contributed by atoms with Gasteiger partial charge in [0.2, 0.25) is 16.3 Å². The molecular weight excluding hydrogens is 233 g/mol. The molecule has 6 nitrogen and oxygen atoms in total. The summed E-state index contributed by atoms with van der Waals surface area (Å²) in [5.74, 6) is -0.621. The van der Waals surface area contributed by atoms with Crippen molar-refractivity contribution in [3.63, 3.8) is 0 Å². The molecule has 0 radical (unpaired) electrons. The van der Waals surface area contributed by atoms with Crippen LogP contribution in [-0.4, -0.2) is 32.0 Å². The van der Waals surface area contributed by atoms with Gasteiger partial charge in [0.25, 0.3) is 0 Å². The monoisotopic (exact) mass is 245 g/mol. The minimum Gasteiger partial charge on any atom is -0.726 e. The van der Waals surface area contributed by atoms with Crippen LogP contribution in [0.4, 0.5) is 0 Å². The van der Waals surface area contributed by atoms with Gasteiger partial charge < -0.3 is 9.87 Å². The Morgan fingerprint density at radius 2 is 2.20 bits per heavy atom. The van der Waals surface area contributed by atoms with Gasteiger partial charge in [-0.05, 0) is 12.0 Å². The zero-order valence-electron chi connectivity index (χ0n) is 8.73. The van der Waals surface area contributed by atoms with Crippen molar-refractivity contribution in [2.45, 2.75) is 6.92 Å². The maximum absolute atomic E-state index is 10.7. The molecule has 82 valence electrons. The molecule has 0 aliphatic heterocycles. The number of amides is 1. The molecule has 0 spiro atoms. The van der Waals surface area contributed by atoms with E-state index in [1.54, 1.807) is 6.92 Å². The third-order valence-electron chi connectivity index (χ3n) is 1.31. The Kier molecular flexibility index (Phi) is 9.62. The Balaban J connectivity index is 0. The molecule has 0 heterocycles. The number of hydrogen-bond donors (Lipinski definition) is 1. The molecule has 1 unspecified atom stereocenters. The van der Waals surface area contributed by atoms with E-state index in [4.69, 9.17) is 0 Å². The third kappa shape index (κ3) is 12.0. The van der Waals surface area contributed by atoms with Crippen LogP contribution in [0.5, 0.6) is 0 Å². The molecule has 0 fully saturated rings. The van der Waals surface area contributed by atoms with Crippen LogP contribution in [0.2, 0.25) is 0 Å². The van der Waals surface area contributed by atoms with Gasteiger partial charge in [0.15, 0.2) is 0 Å². The fourth-order valence-corrected chi connectivity index (χ4v) is 1.00. The second-order valence-corrected chi connectivity index (χ2v) is 3.80. The number of nitrogens with one attached hydrogen (secondary N) is 1. The van der Waals surface area contributed by atoms with Crippen molar-refractivity contribution in [2.24, 2.45) is 5.92 Å². The summed E-state index contributed by atoms with van der Waals surface area (Å²) in [7, 11) is -4.65. The molecule has 0 saturated carbocycles. The second-order valence-electron chi connectivity index (χ2n) is 2.75. The standard InChI is InChI=1S/C7H13NO5S.Na/c1-3-7(9)8-4-6(2)5-13-14(10,11)12;/h3,6H,1,4-5H2,2H3,(H,8,9)(H,10,11,12);/q;+1/p-1. The number of carbonyl (C=O) groups is 1. The van der Waals surface area contributed by atoms with Crippen molar-refractivity contribution < 1.29 is 51.5 Å². The molecule has 0 bridgehead atoms. The summed E-state index contributed by atoms with van der Waals surface area (Å²) >= 11 is 0. The fourth-order valence-electron chi connectivity index (χ4n) is 0.605. The molecule has 8 heteroatoms. The van der Waals surface area contributed by atoms with E-state index >= 15 is 0 Å². The summed E-state index contributed by atoms with van der Waals surface area (Å²) in [6, 6.07) is 0. The Bertz CT molecular complexity index is 303. The number of rotatable bonds is 6. The summed E-state index contributed by atoms with van der Waals surface area (Å²) in [6.45, 7) is 4.84. The molecular formula is C7H12NNaO5S. The van der Waals surface area contributed by atoms with E-state index in [-0.39, 0.29) is 54.5 Å². The first-order chi connectivity index (χ1) is 6.35. The van der Waals surface area contributed by atoms with Crippen molar-refractivity contribution in [2.75, 3.05) is 13.2 Å². The predicted molar refractivity (Wildman–Crippen MR) is 48.0 cm³/mol. The van der Waals surface area contributed by atoms with Gasteiger partial charge in [-0.3, -0.25) is 8.98 Å². The van der Waals surface area contributed by atoms with Gasteiger partial charge >= 0.3 is 29.6 Å². The SMILES string of the molecule is C=CC(=O)NCC(C)COS(=O)(=O)[O-].[Na+]. The summed E-state index contributed by atoms with van der Waals surface area (Å²) in [6.07, 6.45) is 1.10. The zero-order valence-corrected chi connectivity index (χ0v) is 11.5. The first-order valence-electron chi connectivity index (χ1n) is 3.85. The second kappa shape index (κ2) is 8.26. The van der Waals surface area contributed by atoms with Gasteiger partial charge in [-0.2, -0.15) is 0 Å². The first-order valence-corrected chi connectivity index (χ1v) is 5.19. The van der Waals surface area contributed by atoms with Crippen LogP contribution >= 0.6 is 0 Å². The molecule has 0 aromatic carbocycles. The normalized spacial score (nSPS) is 12.4. The largest absolute Gasteiger partial charge is 1.00 e. The van der Waals surface area contributed by atoms with E-state index in [9.17, 15) is 17.8 Å². The smallest absolute Gasteiger partial charge is 0.726 e. The summed E-state index contributed by atoms with van der Waals surface area (Å²) in [5.41, 5.74) is 0. The summed E-state index contributed by atoms with van der Waals surface area (Å²) in [5, 5.41) is 2.43. The van der Waals surface area contributed by atoms with Crippen molar-refractivity contribution in [1.82, 2.24) is 5.32 Å². The van der Waals surface area contributed by atoms with Crippen LogP contribution in [0.15, 0.2) is 12.7 Å². The van der Waals surface area contributed by atoms with Crippen LogP contribution < -0.4 is 34.9 Å². The van der Waals surface area contributed by atoms with E-state index in [1.165, 1.54) is 0 Å². The molecule has 0 aliphatic rings. The molecule has 0 aromatic rings. The van der Waals surface area contributed by atoms with E-state index in [0.717, 1.165) is 6.08 Å². The van der Waals surface area contributed by atoms with Gasteiger partial charge in [-0.25, -0.2) is 8.42 Å². The minimum absolute atomic E-state index is 0. The molecule has 0 saturated heterocycles. The van der Waals surface area contributed by atoms with Crippen LogP contribution in [0, 0.1) is 5.92 Å². The van der Waals surface area contributed by atoms with Crippen molar-refractivity contribution in [3.05, 3.63) is 12.7 Å². The topological polar surface area (TPSA) is 95.5 Å². The summed E-state index contributed by atoms with van der Waals surface area (Å²) < 4.78 is 34.1. The molecule has 1 N–H and O–H groups in total. The Labute approximate surface area is 111 Å². The van der Waals surface area contributed by atoms with Crippen molar-refractivity contribution in [1.29, 1.82) is 0 Å². The Hall–Kier alpha value is 0.0800. The van der Waals surface area contributed by atoms with Gasteiger partial charge in [0.1, 0.15) is 0 Å². The average Bonchev–Trinajstić information content (AvgIpc) is 2.09. The third-order valence-corrected chi connectivity index (χ3v) is 1.73. The van der Waals surface area contributed by atoms with Crippen molar-refractivity contribution in [3.8, 4) is 0 Å². The summed E-state index contributed by atoms with van der Waals surface area (Å²) in [4.78, 5) is 10.7. The quantitative estimate of drug-likeness (QED) is 0.226. The van der Waals surface area contributed by atoms with Crippen LogP contribution in [-0.2, 0) is 19.4 Å². The van der Waals surface area contributed by atoms with Crippen LogP contribution in [0.1, 0.15) is 6.92 Å². The van der Waals surface area contributed by atoms with Gasteiger partial charge in [-0.1, -0.05) is 13.5 Å². The molecule has 1 atom stereocenters. The first kappa shape index (κ1) is 17.5. The molecule has 0 rings (SSSR count). The van der Waals surface area contributed by atoms with E-state index in [0.29, 0.717) is 0 Å². The molecule has 0 aromatic heterocycles. The van der Waals surface area contributed by atoms with Crippen LogP contribution in [0.25, 0.3) is 0 Å². The maximum Gasteiger partial charge on any atom is 1.00 e. The van der Waals surface area contributed by atoms with Gasteiger partial charge in [-0.15, -0.1) is 0 Å². The predicted octanol–water partition coefficient (Wildman–Crippen LogP) is -3.59. The number of hydrogen-bond acceptors (Lipinski definition) is 5. The maximum atomic E-state index is 10.7. The van der Waals surface area contributed by atoms with Crippen molar-refractivity contribution >= 4 is 16.3 Å². The van der Waals surface area contributed by atoms with Crippen LogP contribution in [0.3, 0.4) is 0 Å². The Morgan fingerprint density at radius 1 is 1.67 bits per heavy atom. The molecule has 1 amide bonds. The zero-order chi connectivity index (χ0) is 11.2. The average molecular weight is 245 g/mol. The van der Waals surface area contributed by atoms with Gasteiger partial charge in [0.05, 0.1) is 6.61 Å². The molecule has 15 heavy (non-hydrogen) atoms. The Morgan fingerprint density at radius 3 is 2.60 bits per heavy atom. The van der Waals surface area contributed by atoms with E-state index < -0.39 is 10.4 Å². The van der Waals surface area contributed by atoms with E-state index in [1.807, 2.05) is 0 Å². The number of carbonyl (C=O) groups excluding carboxylic acids is 1. The van der Waals surface area contributed by atoms with E-state index in [2.05, 4.69) is 16.1 Å². The minimum atomic E-state index is -4.65. The molecule has 0 aliphatic carbocycles. The fraction of sp³-hybridized carbons (Fsp3) is 0.571. The van der Waals surface area contributed by atoms with Gasteiger partial charge in [0, 0.05) is 6.54 Å².